The van der Waals surface area contributed by atoms with Crippen LogP contribution in [0, 0.1) is 5.92 Å². The summed E-state index contributed by atoms with van der Waals surface area (Å²) in [6.07, 6.45) is 4.04. The van der Waals surface area contributed by atoms with Crippen molar-refractivity contribution in [2.75, 3.05) is 27.2 Å². The van der Waals surface area contributed by atoms with Crippen LogP contribution >= 0.6 is 11.3 Å². The third kappa shape index (κ3) is 3.29. The van der Waals surface area contributed by atoms with Crippen LogP contribution in [0.3, 0.4) is 0 Å². The van der Waals surface area contributed by atoms with E-state index in [1.54, 1.807) is 0 Å². The van der Waals surface area contributed by atoms with Gasteiger partial charge < -0.3 is 9.47 Å². The minimum absolute atomic E-state index is 0.653. The summed E-state index contributed by atoms with van der Waals surface area (Å²) in [5.41, 5.74) is 0. The monoisotopic (exact) mass is 290 g/mol. The first-order chi connectivity index (χ1) is 9.70. The van der Waals surface area contributed by atoms with Gasteiger partial charge in [-0.15, -0.1) is 11.3 Å². The lowest BCUT2D eigenvalue weighted by atomic mass is 10.1. The van der Waals surface area contributed by atoms with Crippen LogP contribution in [0.25, 0.3) is 0 Å². The van der Waals surface area contributed by atoms with Crippen molar-refractivity contribution < 1.29 is 0 Å². The summed E-state index contributed by atoms with van der Waals surface area (Å²) in [4.78, 5) is 10.8. The van der Waals surface area contributed by atoms with Crippen LogP contribution in [0.2, 0.25) is 0 Å². The second-order valence-corrected chi connectivity index (χ2v) is 6.91. The maximum absolute atomic E-state index is 4.52. The number of aromatic nitrogens is 2. The maximum atomic E-state index is 4.52. The molecule has 0 aliphatic carbocycles. The summed E-state index contributed by atoms with van der Waals surface area (Å²) >= 11 is 1.84. The fraction of sp³-hybridized carbons (Fsp3) is 0.533. The minimum Gasteiger partial charge on any atom is -0.333 e. The summed E-state index contributed by atoms with van der Waals surface area (Å²) in [5, 5.41) is 2.16. The van der Waals surface area contributed by atoms with Gasteiger partial charge in [0.25, 0.3) is 0 Å². The van der Waals surface area contributed by atoms with E-state index >= 15 is 0 Å². The molecule has 3 heterocycles. The number of hydrogen-bond donors (Lipinski definition) is 0. The molecule has 1 atom stereocenters. The fourth-order valence-electron chi connectivity index (χ4n) is 3.00. The van der Waals surface area contributed by atoms with E-state index in [9.17, 15) is 0 Å². The normalized spacial score (nSPS) is 20.1. The summed E-state index contributed by atoms with van der Waals surface area (Å²) < 4.78 is 2.32. The summed E-state index contributed by atoms with van der Waals surface area (Å²) in [6.45, 7) is 5.33. The Hall–Kier alpha value is -1.17. The van der Waals surface area contributed by atoms with Gasteiger partial charge in [0.1, 0.15) is 5.82 Å². The highest BCUT2D eigenvalue weighted by Crippen LogP contribution is 2.20. The van der Waals surface area contributed by atoms with E-state index in [4.69, 9.17) is 0 Å². The molecule has 2 aromatic heterocycles. The summed E-state index contributed by atoms with van der Waals surface area (Å²) in [5.74, 6) is 1.85. The summed E-state index contributed by atoms with van der Waals surface area (Å²) in [7, 11) is 4.31. The van der Waals surface area contributed by atoms with Crippen molar-refractivity contribution >= 4 is 11.3 Å². The first-order valence-electron chi connectivity index (χ1n) is 7.10. The molecule has 0 saturated heterocycles. The molecule has 4 nitrogen and oxygen atoms in total. The van der Waals surface area contributed by atoms with Crippen LogP contribution in [0.1, 0.15) is 10.7 Å². The quantitative estimate of drug-likeness (QED) is 0.862. The Morgan fingerprint density at radius 3 is 3.05 bits per heavy atom. The van der Waals surface area contributed by atoms with Crippen LogP contribution in [0.4, 0.5) is 0 Å². The molecular formula is C15H22N4S. The Morgan fingerprint density at radius 2 is 2.30 bits per heavy atom. The lowest BCUT2D eigenvalue weighted by Gasteiger charge is -2.25. The van der Waals surface area contributed by atoms with Crippen LogP contribution in [-0.2, 0) is 19.6 Å². The third-order valence-corrected chi connectivity index (χ3v) is 4.58. The number of fused-ring (bicyclic) bond motifs is 1. The van der Waals surface area contributed by atoms with Crippen LogP contribution in [0.5, 0.6) is 0 Å². The van der Waals surface area contributed by atoms with Gasteiger partial charge in [-0.3, -0.25) is 4.90 Å². The maximum Gasteiger partial charge on any atom is 0.122 e. The van der Waals surface area contributed by atoms with Crippen molar-refractivity contribution in [2.45, 2.75) is 19.6 Å². The van der Waals surface area contributed by atoms with Gasteiger partial charge in [-0.05, 0) is 25.5 Å². The van der Waals surface area contributed by atoms with E-state index in [0.717, 1.165) is 32.7 Å². The number of hydrogen-bond acceptors (Lipinski definition) is 4. The zero-order valence-corrected chi connectivity index (χ0v) is 13.0. The molecule has 0 amide bonds. The van der Waals surface area contributed by atoms with Gasteiger partial charge in [0.05, 0.1) is 6.54 Å². The molecule has 1 aliphatic heterocycles. The van der Waals surface area contributed by atoms with Crippen molar-refractivity contribution in [1.29, 1.82) is 0 Å². The molecule has 0 aromatic carbocycles. The first-order valence-corrected chi connectivity index (χ1v) is 7.98. The molecule has 0 saturated carbocycles. The number of imidazole rings is 1. The molecule has 0 N–H and O–H groups in total. The van der Waals surface area contributed by atoms with Crippen molar-refractivity contribution in [2.24, 2.45) is 5.92 Å². The van der Waals surface area contributed by atoms with Crippen molar-refractivity contribution in [3.63, 3.8) is 0 Å². The molecular weight excluding hydrogens is 268 g/mol. The lowest BCUT2D eigenvalue weighted by Crippen LogP contribution is -2.33. The van der Waals surface area contributed by atoms with Gasteiger partial charge in [0, 0.05) is 49.4 Å². The van der Waals surface area contributed by atoms with Gasteiger partial charge in [0.2, 0.25) is 0 Å². The van der Waals surface area contributed by atoms with Crippen molar-refractivity contribution in [3.8, 4) is 0 Å². The SMILES string of the molecule is CN(C)CC1CN(Cc2cccs2)Cc2nccn2C1. The molecule has 3 rings (SSSR count). The molecule has 1 unspecified atom stereocenters. The van der Waals surface area contributed by atoms with Crippen LogP contribution in [-0.4, -0.2) is 46.5 Å². The van der Waals surface area contributed by atoms with E-state index in [2.05, 4.69) is 57.2 Å². The molecule has 0 bridgehead atoms. The Morgan fingerprint density at radius 1 is 1.40 bits per heavy atom. The Bertz CT molecular complexity index is 532. The van der Waals surface area contributed by atoms with Crippen LogP contribution < -0.4 is 0 Å². The molecule has 0 fully saturated rings. The molecule has 0 radical (unpaired) electrons. The smallest absolute Gasteiger partial charge is 0.122 e. The Kier molecular flexibility index (Phi) is 4.19. The molecule has 1 aliphatic rings. The van der Waals surface area contributed by atoms with Gasteiger partial charge in [0.15, 0.2) is 0 Å². The highest BCUT2D eigenvalue weighted by atomic mass is 32.1. The summed E-state index contributed by atoms with van der Waals surface area (Å²) in [6, 6.07) is 4.36. The zero-order chi connectivity index (χ0) is 13.9. The number of rotatable bonds is 4. The Balaban J connectivity index is 1.76. The molecule has 2 aromatic rings. The zero-order valence-electron chi connectivity index (χ0n) is 12.2. The highest BCUT2D eigenvalue weighted by molar-refractivity contribution is 7.09. The minimum atomic E-state index is 0.653. The number of thiophene rings is 1. The van der Waals surface area contributed by atoms with Gasteiger partial charge in [-0.1, -0.05) is 6.07 Å². The molecule has 5 heteroatoms. The standard InChI is InChI=1S/C15H22N4S/c1-17(2)8-13-9-18(11-14-4-3-7-20-14)12-15-16-5-6-19(15)10-13/h3-7,13H,8-12H2,1-2H3. The van der Waals surface area contributed by atoms with Crippen molar-refractivity contribution in [1.82, 2.24) is 19.4 Å². The Labute approximate surface area is 124 Å². The largest absolute Gasteiger partial charge is 0.333 e. The average molecular weight is 290 g/mol. The van der Waals surface area contributed by atoms with E-state index in [1.165, 1.54) is 10.7 Å². The molecule has 0 spiro atoms. The third-order valence-electron chi connectivity index (χ3n) is 3.72. The predicted octanol–water partition coefficient (Wildman–Crippen LogP) is 2.14. The number of nitrogens with zero attached hydrogens (tertiary/aromatic N) is 4. The van der Waals surface area contributed by atoms with Crippen LogP contribution in [0.15, 0.2) is 29.9 Å². The second-order valence-electron chi connectivity index (χ2n) is 5.87. The fourth-order valence-corrected chi connectivity index (χ4v) is 3.74. The van der Waals surface area contributed by atoms with E-state index in [-0.39, 0.29) is 0 Å². The predicted molar refractivity (Wildman–Crippen MR) is 82.7 cm³/mol. The van der Waals surface area contributed by atoms with E-state index < -0.39 is 0 Å². The van der Waals surface area contributed by atoms with Gasteiger partial charge in [-0.25, -0.2) is 4.98 Å². The van der Waals surface area contributed by atoms with Gasteiger partial charge >= 0.3 is 0 Å². The van der Waals surface area contributed by atoms with E-state index in [1.807, 2.05) is 17.5 Å². The van der Waals surface area contributed by atoms with E-state index in [0.29, 0.717) is 5.92 Å². The topological polar surface area (TPSA) is 24.3 Å². The highest BCUT2D eigenvalue weighted by Gasteiger charge is 2.22. The second kappa shape index (κ2) is 6.08. The molecule has 108 valence electrons. The average Bonchev–Trinajstić information content (AvgIpc) is 2.99. The molecule has 20 heavy (non-hydrogen) atoms. The lowest BCUT2D eigenvalue weighted by molar-refractivity contribution is 0.195. The van der Waals surface area contributed by atoms with Crippen molar-refractivity contribution in [3.05, 3.63) is 40.6 Å². The van der Waals surface area contributed by atoms with Gasteiger partial charge in [-0.2, -0.15) is 0 Å². The first kappa shape index (κ1) is 13.8.